The molecular weight excluding hydrogens is 164 g/mol. The fraction of sp³-hybridized carbons (Fsp3) is 0.455. The van der Waals surface area contributed by atoms with Gasteiger partial charge >= 0.3 is 0 Å². The van der Waals surface area contributed by atoms with Crippen LogP contribution >= 0.6 is 0 Å². The smallest absolute Gasteiger partial charge is 0.147 e. The van der Waals surface area contributed by atoms with Gasteiger partial charge in [-0.25, -0.2) is 0 Å². The highest BCUT2D eigenvalue weighted by atomic mass is 16.7. The van der Waals surface area contributed by atoms with Crippen LogP contribution in [0.2, 0.25) is 0 Å². The van der Waals surface area contributed by atoms with Crippen LogP contribution in [-0.2, 0) is 15.9 Å². The van der Waals surface area contributed by atoms with Crippen molar-refractivity contribution in [1.29, 1.82) is 0 Å². The maximum atomic E-state index is 5.56. The van der Waals surface area contributed by atoms with Crippen molar-refractivity contribution < 1.29 is 9.47 Å². The predicted octanol–water partition coefficient (Wildman–Crippen LogP) is 1.70. The van der Waals surface area contributed by atoms with E-state index in [9.17, 15) is 0 Å². The van der Waals surface area contributed by atoms with E-state index in [4.69, 9.17) is 9.47 Å². The molecule has 1 heterocycles. The molecule has 1 fully saturated rings. The van der Waals surface area contributed by atoms with Crippen molar-refractivity contribution in [3.8, 4) is 0 Å². The molecule has 0 bridgehead atoms. The minimum Gasteiger partial charge on any atom is -0.355 e. The maximum Gasteiger partial charge on any atom is 0.147 e. The molecule has 0 aromatic heterocycles. The van der Waals surface area contributed by atoms with Gasteiger partial charge in [0.2, 0.25) is 0 Å². The molecule has 2 heteroatoms. The average Bonchev–Trinajstić information content (AvgIpc) is 2.56. The van der Waals surface area contributed by atoms with Crippen LogP contribution in [0.15, 0.2) is 24.3 Å². The van der Waals surface area contributed by atoms with Gasteiger partial charge in [0.25, 0.3) is 0 Å². The minimum absolute atomic E-state index is 0.367. The first kappa shape index (κ1) is 7.54. The van der Waals surface area contributed by atoms with Crippen LogP contribution in [0.1, 0.15) is 17.0 Å². The van der Waals surface area contributed by atoms with E-state index >= 15 is 0 Å². The van der Waals surface area contributed by atoms with Gasteiger partial charge in [-0.3, -0.25) is 0 Å². The van der Waals surface area contributed by atoms with E-state index in [2.05, 4.69) is 24.3 Å². The van der Waals surface area contributed by atoms with Crippen molar-refractivity contribution in [3.05, 3.63) is 35.4 Å². The zero-order chi connectivity index (χ0) is 8.67. The lowest BCUT2D eigenvalue weighted by Gasteiger charge is -2.26. The van der Waals surface area contributed by atoms with E-state index in [0.717, 1.165) is 13.0 Å². The van der Waals surface area contributed by atoms with Crippen molar-refractivity contribution in [1.82, 2.24) is 0 Å². The third-order valence-electron chi connectivity index (χ3n) is 2.99. The van der Waals surface area contributed by atoms with Crippen molar-refractivity contribution in [2.75, 3.05) is 13.4 Å². The van der Waals surface area contributed by atoms with Gasteiger partial charge in [-0.1, -0.05) is 24.3 Å². The van der Waals surface area contributed by atoms with Gasteiger partial charge in [0.05, 0.1) is 12.7 Å². The van der Waals surface area contributed by atoms with Crippen molar-refractivity contribution in [2.45, 2.75) is 18.4 Å². The summed E-state index contributed by atoms with van der Waals surface area (Å²) in [5.41, 5.74) is 2.86. The molecule has 2 aliphatic rings. The third-order valence-corrected chi connectivity index (χ3v) is 2.99. The summed E-state index contributed by atoms with van der Waals surface area (Å²) in [5.74, 6) is 0.477. The van der Waals surface area contributed by atoms with E-state index in [1.54, 1.807) is 0 Å². The lowest BCUT2D eigenvalue weighted by Crippen LogP contribution is -2.29. The molecule has 68 valence electrons. The van der Waals surface area contributed by atoms with E-state index in [1.807, 2.05) is 0 Å². The van der Waals surface area contributed by atoms with Crippen LogP contribution in [0, 0.1) is 0 Å². The van der Waals surface area contributed by atoms with Gasteiger partial charge in [-0.15, -0.1) is 0 Å². The molecule has 1 saturated heterocycles. The Hall–Kier alpha value is -0.860. The molecule has 2 atom stereocenters. The molecule has 0 saturated carbocycles. The van der Waals surface area contributed by atoms with Crippen LogP contribution in [0.25, 0.3) is 0 Å². The largest absolute Gasteiger partial charge is 0.355 e. The predicted molar refractivity (Wildman–Crippen MR) is 48.6 cm³/mol. The second kappa shape index (κ2) is 2.82. The molecule has 0 N–H and O–H groups in total. The Balaban J connectivity index is 2.01. The summed E-state index contributed by atoms with van der Waals surface area (Å²) in [7, 11) is 0. The second-order valence-corrected chi connectivity index (χ2v) is 3.70. The molecule has 13 heavy (non-hydrogen) atoms. The monoisotopic (exact) mass is 176 g/mol. The van der Waals surface area contributed by atoms with Crippen LogP contribution < -0.4 is 0 Å². The average molecular weight is 176 g/mol. The first-order valence-electron chi connectivity index (χ1n) is 4.72. The van der Waals surface area contributed by atoms with Gasteiger partial charge in [0.15, 0.2) is 0 Å². The highest BCUT2D eigenvalue weighted by Crippen LogP contribution is 2.36. The van der Waals surface area contributed by atoms with E-state index in [0.29, 0.717) is 18.8 Å². The normalized spacial score (nSPS) is 31.1. The summed E-state index contributed by atoms with van der Waals surface area (Å²) >= 11 is 0. The second-order valence-electron chi connectivity index (χ2n) is 3.70. The van der Waals surface area contributed by atoms with Gasteiger partial charge in [-0.05, 0) is 17.5 Å². The first-order chi connectivity index (χ1) is 6.45. The Morgan fingerprint density at radius 2 is 2.15 bits per heavy atom. The molecule has 1 aliphatic heterocycles. The number of rotatable bonds is 0. The Labute approximate surface area is 77.5 Å². The summed E-state index contributed by atoms with van der Waals surface area (Å²) in [5, 5.41) is 0. The molecule has 1 aromatic carbocycles. The van der Waals surface area contributed by atoms with Crippen LogP contribution in [0.5, 0.6) is 0 Å². The van der Waals surface area contributed by atoms with Crippen LogP contribution in [0.3, 0.4) is 0 Å². The van der Waals surface area contributed by atoms with Gasteiger partial charge in [0.1, 0.15) is 6.79 Å². The van der Waals surface area contributed by atoms with Crippen molar-refractivity contribution in [3.63, 3.8) is 0 Å². The fourth-order valence-electron chi connectivity index (χ4n) is 2.32. The molecule has 0 spiro atoms. The molecule has 2 nitrogen and oxygen atoms in total. The van der Waals surface area contributed by atoms with Crippen LogP contribution in [0.4, 0.5) is 0 Å². The number of hydrogen-bond donors (Lipinski definition) is 0. The number of benzene rings is 1. The molecule has 3 rings (SSSR count). The lowest BCUT2D eigenvalue weighted by molar-refractivity contribution is -0.145. The highest BCUT2D eigenvalue weighted by molar-refractivity contribution is 5.37. The van der Waals surface area contributed by atoms with Crippen LogP contribution in [-0.4, -0.2) is 19.5 Å². The number of hydrogen-bond acceptors (Lipinski definition) is 2. The standard InChI is InChI=1S/C11H12O2/c1-2-4-9-8(3-1)5-11-10(9)6-12-7-13-11/h1-4,10-11H,5-7H2/t10-,11+/m1/s1. The first-order valence-corrected chi connectivity index (χ1v) is 4.72. The van der Waals surface area contributed by atoms with E-state index in [-0.39, 0.29) is 0 Å². The summed E-state index contributed by atoms with van der Waals surface area (Å²) in [4.78, 5) is 0. The number of ether oxygens (including phenoxy) is 2. The molecule has 1 aliphatic carbocycles. The Kier molecular flexibility index (Phi) is 1.64. The fourth-order valence-corrected chi connectivity index (χ4v) is 2.32. The Morgan fingerprint density at radius 3 is 3.15 bits per heavy atom. The Bertz CT molecular complexity index is 322. The van der Waals surface area contributed by atoms with Crippen molar-refractivity contribution >= 4 is 0 Å². The highest BCUT2D eigenvalue weighted by Gasteiger charge is 2.35. The summed E-state index contributed by atoms with van der Waals surface area (Å²) in [6.07, 6.45) is 1.43. The summed E-state index contributed by atoms with van der Waals surface area (Å²) in [6.45, 7) is 1.29. The van der Waals surface area contributed by atoms with Gasteiger partial charge in [0, 0.05) is 5.92 Å². The maximum absolute atomic E-state index is 5.56. The molecule has 1 aromatic rings. The van der Waals surface area contributed by atoms with Gasteiger partial charge < -0.3 is 9.47 Å². The molecule has 0 unspecified atom stereocenters. The SMILES string of the molecule is c1ccc2c(c1)C[C@@H]1OCOC[C@H]21. The minimum atomic E-state index is 0.367. The Morgan fingerprint density at radius 1 is 1.23 bits per heavy atom. The summed E-state index contributed by atoms with van der Waals surface area (Å²) < 4.78 is 10.9. The molecular formula is C11H12O2. The zero-order valence-electron chi connectivity index (χ0n) is 7.40. The molecule has 0 radical (unpaired) electrons. The molecule has 0 amide bonds. The summed E-state index contributed by atoms with van der Waals surface area (Å²) in [6, 6.07) is 8.57. The third kappa shape index (κ3) is 1.10. The van der Waals surface area contributed by atoms with E-state index < -0.39 is 0 Å². The quantitative estimate of drug-likeness (QED) is 0.599. The number of fused-ring (bicyclic) bond motifs is 3. The topological polar surface area (TPSA) is 18.5 Å². The van der Waals surface area contributed by atoms with Gasteiger partial charge in [-0.2, -0.15) is 0 Å². The van der Waals surface area contributed by atoms with Crippen molar-refractivity contribution in [2.24, 2.45) is 0 Å². The zero-order valence-corrected chi connectivity index (χ0v) is 7.40. The lowest BCUT2D eigenvalue weighted by atomic mass is 10.0. The van der Waals surface area contributed by atoms with E-state index in [1.165, 1.54) is 11.1 Å².